The third-order valence-corrected chi connectivity index (χ3v) is 4.98. The van der Waals surface area contributed by atoms with Gasteiger partial charge < -0.3 is 23.8 Å². The number of ether oxygens (including phenoxy) is 4. The summed E-state index contributed by atoms with van der Waals surface area (Å²) in [7, 11) is 0. The number of hydrogen-bond donors (Lipinski definition) is 0. The minimum atomic E-state index is -0.105. The van der Waals surface area contributed by atoms with Crippen LogP contribution in [0.3, 0.4) is 0 Å². The van der Waals surface area contributed by atoms with Crippen LogP contribution >= 0.6 is 0 Å². The molecule has 2 aliphatic rings. The molecule has 0 bridgehead atoms. The third kappa shape index (κ3) is 3.74. The zero-order valence-electron chi connectivity index (χ0n) is 16.2. The molecule has 7 nitrogen and oxygen atoms in total. The van der Waals surface area contributed by atoms with E-state index in [0.717, 1.165) is 16.9 Å². The highest BCUT2D eigenvalue weighted by Crippen LogP contribution is 2.34. The molecule has 2 aromatic carbocycles. The molecule has 0 fully saturated rings. The summed E-state index contributed by atoms with van der Waals surface area (Å²) in [5.74, 6) is 2.56. The van der Waals surface area contributed by atoms with E-state index in [-0.39, 0.29) is 12.7 Å². The highest BCUT2D eigenvalue weighted by atomic mass is 16.7. The lowest BCUT2D eigenvalue weighted by Crippen LogP contribution is -2.30. The molecule has 0 spiro atoms. The summed E-state index contributed by atoms with van der Waals surface area (Å²) < 4.78 is 22.1. The molecular weight excluding hydrogens is 384 g/mol. The summed E-state index contributed by atoms with van der Waals surface area (Å²) in [5, 5.41) is 0. The van der Waals surface area contributed by atoms with Gasteiger partial charge in [-0.25, -0.2) is 0 Å². The smallest absolute Gasteiger partial charge is 0.254 e. The maximum absolute atomic E-state index is 13.4. The number of carbonyl (C=O) groups excluding carboxylic acids is 1. The topological polar surface area (TPSA) is 70.1 Å². The molecule has 0 saturated heterocycles. The first-order valence-electron chi connectivity index (χ1n) is 9.72. The van der Waals surface area contributed by atoms with Crippen molar-refractivity contribution in [1.82, 2.24) is 9.88 Å². The van der Waals surface area contributed by atoms with E-state index in [1.165, 1.54) is 0 Å². The molecule has 152 valence electrons. The average Bonchev–Trinajstić information content (AvgIpc) is 3.27. The Morgan fingerprint density at radius 2 is 1.57 bits per heavy atom. The number of pyridine rings is 1. The van der Waals surface area contributed by atoms with Crippen LogP contribution in [-0.4, -0.2) is 35.8 Å². The van der Waals surface area contributed by atoms with Crippen LogP contribution in [0.5, 0.6) is 23.0 Å². The summed E-state index contributed by atoms with van der Waals surface area (Å²) in [4.78, 5) is 19.3. The molecule has 1 amide bonds. The van der Waals surface area contributed by atoms with E-state index in [0.29, 0.717) is 49.1 Å². The lowest BCUT2D eigenvalue weighted by atomic mass is 10.1. The Balaban J connectivity index is 1.43. The number of rotatable bonds is 5. The van der Waals surface area contributed by atoms with Gasteiger partial charge >= 0.3 is 0 Å². The Morgan fingerprint density at radius 3 is 2.43 bits per heavy atom. The second-order valence-corrected chi connectivity index (χ2v) is 7.07. The minimum Gasteiger partial charge on any atom is -0.486 e. The van der Waals surface area contributed by atoms with Crippen molar-refractivity contribution >= 4 is 5.91 Å². The van der Waals surface area contributed by atoms with Crippen molar-refractivity contribution < 1.29 is 23.7 Å². The van der Waals surface area contributed by atoms with Crippen LogP contribution in [-0.2, 0) is 13.1 Å². The molecule has 0 N–H and O–H groups in total. The number of amides is 1. The zero-order chi connectivity index (χ0) is 20.3. The number of benzene rings is 2. The van der Waals surface area contributed by atoms with Crippen LogP contribution in [0.1, 0.15) is 21.5 Å². The van der Waals surface area contributed by atoms with Gasteiger partial charge in [0.2, 0.25) is 6.79 Å². The van der Waals surface area contributed by atoms with Crippen LogP contribution in [0, 0.1) is 0 Å². The normalized spacial score (nSPS) is 13.7. The number of aromatic nitrogens is 1. The monoisotopic (exact) mass is 404 g/mol. The molecule has 0 radical (unpaired) electrons. The van der Waals surface area contributed by atoms with E-state index in [4.69, 9.17) is 18.9 Å². The van der Waals surface area contributed by atoms with Gasteiger partial charge in [-0.1, -0.05) is 12.1 Å². The molecule has 3 aromatic rings. The van der Waals surface area contributed by atoms with Gasteiger partial charge in [0.15, 0.2) is 23.0 Å². The molecule has 0 aliphatic carbocycles. The molecule has 0 unspecified atom stereocenters. The Kier molecular flexibility index (Phi) is 4.85. The second kappa shape index (κ2) is 7.94. The first-order chi connectivity index (χ1) is 14.8. The lowest BCUT2D eigenvalue weighted by Gasteiger charge is -2.24. The Labute approximate surface area is 173 Å². The second-order valence-electron chi connectivity index (χ2n) is 7.07. The third-order valence-electron chi connectivity index (χ3n) is 4.98. The van der Waals surface area contributed by atoms with E-state index in [9.17, 15) is 4.79 Å². The average molecular weight is 404 g/mol. The van der Waals surface area contributed by atoms with Gasteiger partial charge in [-0.3, -0.25) is 9.78 Å². The Hall–Kier alpha value is -3.74. The minimum absolute atomic E-state index is 0.105. The van der Waals surface area contributed by atoms with Gasteiger partial charge in [0.25, 0.3) is 5.91 Å². The molecule has 1 aromatic heterocycles. The highest BCUT2D eigenvalue weighted by Gasteiger charge is 2.22. The van der Waals surface area contributed by atoms with E-state index in [1.807, 2.05) is 30.3 Å². The standard InChI is InChI=1S/C23H20N2O5/c26-23(18-4-6-20-22(11-18)30-15-29-20)25(14-17-2-1-7-24-12-17)13-16-3-5-19-21(10-16)28-9-8-27-19/h1-7,10-12H,8-9,13-15H2. The van der Waals surface area contributed by atoms with Crippen LogP contribution in [0.4, 0.5) is 0 Å². The molecular formula is C23H20N2O5. The maximum atomic E-state index is 13.4. The summed E-state index contributed by atoms with van der Waals surface area (Å²) in [6, 6.07) is 14.8. The fraction of sp³-hybridized carbons (Fsp3) is 0.217. The van der Waals surface area contributed by atoms with E-state index >= 15 is 0 Å². The van der Waals surface area contributed by atoms with E-state index in [2.05, 4.69) is 4.98 Å². The van der Waals surface area contributed by atoms with Crippen molar-refractivity contribution in [3.8, 4) is 23.0 Å². The fourth-order valence-electron chi connectivity index (χ4n) is 3.53. The van der Waals surface area contributed by atoms with Crippen molar-refractivity contribution in [2.75, 3.05) is 20.0 Å². The van der Waals surface area contributed by atoms with Crippen molar-refractivity contribution in [1.29, 1.82) is 0 Å². The lowest BCUT2D eigenvalue weighted by molar-refractivity contribution is 0.0729. The van der Waals surface area contributed by atoms with Crippen LogP contribution in [0.25, 0.3) is 0 Å². The zero-order valence-corrected chi connectivity index (χ0v) is 16.2. The van der Waals surface area contributed by atoms with E-state index in [1.54, 1.807) is 35.5 Å². The van der Waals surface area contributed by atoms with Crippen molar-refractivity contribution in [2.24, 2.45) is 0 Å². The molecule has 30 heavy (non-hydrogen) atoms. The first kappa shape index (κ1) is 18.3. The Morgan fingerprint density at radius 1 is 0.833 bits per heavy atom. The predicted molar refractivity (Wildman–Crippen MR) is 108 cm³/mol. The predicted octanol–water partition coefficient (Wildman–Crippen LogP) is 3.42. The largest absolute Gasteiger partial charge is 0.486 e. The van der Waals surface area contributed by atoms with Gasteiger partial charge in [0.05, 0.1) is 0 Å². The van der Waals surface area contributed by atoms with Crippen LogP contribution in [0.2, 0.25) is 0 Å². The number of hydrogen-bond acceptors (Lipinski definition) is 6. The van der Waals surface area contributed by atoms with Gasteiger partial charge in [-0.15, -0.1) is 0 Å². The van der Waals surface area contributed by atoms with Gasteiger partial charge in [0.1, 0.15) is 13.2 Å². The Bertz CT molecular complexity index is 1070. The first-order valence-corrected chi connectivity index (χ1v) is 9.72. The molecule has 0 saturated carbocycles. The summed E-state index contributed by atoms with van der Waals surface area (Å²) in [6.07, 6.45) is 3.48. The van der Waals surface area contributed by atoms with Crippen molar-refractivity contribution in [3.63, 3.8) is 0 Å². The van der Waals surface area contributed by atoms with Gasteiger partial charge in [0, 0.05) is 31.0 Å². The highest BCUT2D eigenvalue weighted by molar-refractivity contribution is 5.95. The van der Waals surface area contributed by atoms with Gasteiger partial charge in [-0.2, -0.15) is 0 Å². The number of fused-ring (bicyclic) bond motifs is 2. The van der Waals surface area contributed by atoms with Gasteiger partial charge in [-0.05, 0) is 47.5 Å². The number of nitrogens with zero attached hydrogens (tertiary/aromatic N) is 2. The summed E-state index contributed by atoms with van der Waals surface area (Å²) in [5.41, 5.74) is 2.45. The molecule has 7 heteroatoms. The quantitative estimate of drug-likeness (QED) is 0.649. The molecule has 2 aliphatic heterocycles. The summed E-state index contributed by atoms with van der Waals surface area (Å²) in [6.45, 7) is 2.08. The summed E-state index contributed by atoms with van der Waals surface area (Å²) >= 11 is 0. The molecule has 5 rings (SSSR count). The van der Waals surface area contributed by atoms with Crippen LogP contribution in [0.15, 0.2) is 60.9 Å². The SMILES string of the molecule is O=C(c1ccc2c(c1)OCO2)N(Cc1cccnc1)Cc1ccc2c(c1)OCCO2. The van der Waals surface area contributed by atoms with Crippen molar-refractivity contribution in [2.45, 2.75) is 13.1 Å². The fourth-order valence-corrected chi connectivity index (χ4v) is 3.53. The van der Waals surface area contributed by atoms with Crippen molar-refractivity contribution in [3.05, 3.63) is 77.6 Å². The molecule has 3 heterocycles. The number of carbonyl (C=O) groups is 1. The maximum Gasteiger partial charge on any atom is 0.254 e. The van der Waals surface area contributed by atoms with Crippen LogP contribution < -0.4 is 18.9 Å². The van der Waals surface area contributed by atoms with E-state index < -0.39 is 0 Å². The molecule has 0 atom stereocenters.